The number of hydrogen-bond donors (Lipinski definition) is 2. The summed E-state index contributed by atoms with van der Waals surface area (Å²) in [5.74, 6) is 0.483. The molecule has 1 aliphatic heterocycles. The third-order valence-corrected chi connectivity index (χ3v) is 3.18. The van der Waals surface area contributed by atoms with Gasteiger partial charge in [0.25, 0.3) is 0 Å². The van der Waals surface area contributed by atoms with Crippen LogP contribution in [0.3, 0.4) is 0 Å². The van der Waals surface area contributed by atoms with Crippen LogP contribution < -0.4 is 10.6 Å². The first-order chi connectivity index (χ1) is 7.58. The van der Waals surface area contributed by atoms with Crippen molar-refractivity contribution >= 4 is 5.91 Å². The largest absolute Gasteiger partial charge is 0.384 e. The van der Waals surface area contributed by atoms with Gasteiger partial charge in [-0.25, -0.2) is 0 Å². The molecule has 2 unspecified atom stereocenters. The molecule has 0 bridgehead atoms. The number of hydrogen-bond acceptors (Lipinski definition) is 3. The zero-order chi connectivity index (χ0) is 12.0. The number of carbonyl (C=O) groups excluding carboxylic acids is 1. The van der Waals surface area contributed by atoms with Gasteiger partial charge in [-0.3, -0.25) is 4.79 Å². The van der Waals surface area contributed by atoms with Crippen LogP contribution in [0.1, 0.15) is 33.1 Å². The normalized spacial score (nSPS) is 27.4. The monoisotopic (exact) mass is 228 g/mol. The van der Waals surface area contributed by atoms with Crippen molar-refractivity contribution < 1.29 is 9.53 Å². The highest BCUT2D eigenvalue weighted by molar-refractivity contribution is 5.85. The first-order valence-corrected chi connectivity index (χ1v) is 6.11. The van der Waals surface area contributed by atoms with E-state index in [1.54, 1.807) is 7.11 Å². The summed E-state index contributed by atoms with van der Waals surface area (Å²) in [7, 11) is 1.68. The number of nitrogens with one attached hydrogen (secondary N) is 2. The molecule has 2 N–H and O–H groups in total. The predicted molar refractivity (Wildman–Crippen MR) is 64.3 cm³/mol. The molecule has 4 heteroatoms. The first-order valence-electron chi connectivity index (χ1n) is 6.11. The molecule has 2 atom stereocenters. The van der Waals surface area contributed by atoms with E-state index in [0.717, 1.165) is 19.4 Å². The van der Waals surface area contributed by atoms with Gasteiger partial charge in [-0.2, -0.15) is 0 Å². The number of amides is 1. The standard InChI is InChI=1S/C12H24N2O2/c1-10(9-16-3)8-13-11(15)12(2)6-4-5-7-14-12/h10,14H,4-9H2,1-3H3,(H,13,15). The van der Waals surface area contributed by atoms with E-state index >= 15 is 0 Å². The third kappa shape index (κ3) is 3.76. The van der Waals surface area contributed by atoms with E-state index in [1.807, 2.05) is 6.92 Å². The van der Waals surface area contributed by atoms with E-state index in [4.69, 9.17) is 4.74 Å². The fourth-order valence-corrected chi connectivity index (χ4v) is 2.06. The second-order valence-electron chi connectivity index (χ2n) is 4.99. The second kappa shape index (κ2) is 6.21. The number of carbonyl (C=O) groups is 1. The summed E-state index contributed by atoms with van der Waals surface area (Å²) in [5, 5.41) is 6.30. The highest BCUT2D eigenvalue weighted by Gasteiger charge is 2.33. The number of ether oxygens (including phenoxy) is 1. The van der Waals surface area contributed by atoms with Crippen molar-refractivity contribution in [2.45, 2.75) is 38.6 Å². The molecule has 1 amide bonds. The highest BCUT2D eigenvalue weighted by atomic mass is 16.5. The Morgan fingerprint density at radius 3 is 2.88 bits per heavy atom. The van der Waals surface area contributed by atoms with E-state index in [2.05, 4.69) is 17.6 Å². The van der Waals surface area contributed by atoms with Crippen LogP contribution in [0.25, 0.3) is 0 Å². The fourth-order valence-electron chi connectivity index (χ4n) is 2.06. The average molecular weight is 228 g/mol. The molecule has 0 radical (unpaired) electrons. The quantitative estimate of drug-likeness (QED) is 0.735. The molecule has 1 saturated heterocycles. The van der Waals surface area contributed by atoms with Crippen LogP contribution in [0.15, 0.2) is 0 Å². The predicted octanol–water partition coefficient (Wildman–Crippen LogP) is 0.917. The summed E-state index contributed by atoms with van der Waals surface area (Å²) < 4.78 is 5.04. The lowest BCUT2D eigenvalue weighted by atomic mass is 9.90. The zero-order valence-electron chi connectivity index (χ0n) is 10.6. The van der Waals surface area contributed by atoms with Gasteiger partial charge in [0.2, 0.25) is 5.91 Å². The van der Waals surface area contributed by atoms with E-state index in [-0.39, 0.29) is 11.4 Å². The smallest absolute Gasteiger partial charge is 0.240 e. The Hall–Kier alpha value is -0.610. The first kappa shape index (κ1) is 13.5. The maximum atomic E-state index is 12.0. The Morgan fingerprint density at radius 1 is 1.56 bits per heavy atom. The molecule has 16 heavy (non-hydrogen) atoms. The summed E-state index contributed by atoms with van der Waals surface area (Å²) in [5.41, 5.74) is -0.370. The minimum absolute atomic E-state index is 0.121. The molecule has 0 aromatic carbocycles. The summed E-state index contributed by atoms with van der Waals surface area (Å²) in [6.07, 6.45) is 3.23. The van der Waals surface area contributed by atoms with E-state index in [9.17, 15) is 4.79 Å². The molecule has 1 heterocycles. The molecule has 0 spiro atoms. The van der Waals surface area contributed by atoms with Crippen molar-refractivity contribution in [2.75, 3.05) is 26.8 Å². The van der Waals surface area contributed by atoms with E-state index in [1.165, 1.54) is 6.42 Å². The molecule has 0 saturated carbocycles. The number of piperidine rings is 1. The number of methoxy groups -OCH3 is 1. The van der Waals surface area contributed by atoms with Crippen molar-refractivity contribution in [3.8, 4) is 0 Å². The Bertz CT molecular complexity index is 225. The summed E-state index contributed by atoms with van der Waals surface area (Å²) >= 11 is 0. The molecule has 0 aliphatic carbocycles. The highest BCUT2D eigenvalue weighted by Crippen LogP contribution is 2.18. The average Bonchev–Trinajstić information content (AvgIpc) is 2.27. The van der Waals surface area contributed by atoms with Crippen LogP contribution in [0.2, 0.25) is 0 Å². The molecular weight excluding hydrogens is 204 g/mol. The van der Waals surface area contributed by atoms with Gasteiger partial charge < -0.3 is 15.4 Å². The van der Waals surface area contributed by atoms with Gasteiger partial charge in [0.05, 0.1) is 12.1 Å². The number of rotatable bonds is 5. The lowest BCUT2D eigenvalue weighted by Crippen LogP contribution is -2.57. The van der Waals surface area contributed by atoms with Gasteiger partial charge in [0, 0.05) is 13.7 Å². The molecule has 1 fully saturated rings. The lowest BCUT2D eigenvalue weighted by molar-refractivity contribution is -0.128. The summed E-state index contributed by atoms with van der Waals surface area (Å²) in [6.45, 7) is 6.37. The molecule has 0 aromatic rings. The molecule has 0 aromatic heterocycles. The summed E-state index contributed by atoms with van der Waals surface area (Å²) in [6, 6.07) is 0. The fraction of sp³-hybridized carbons (Fsp3) is 0.917. The lowest BCUT2D eigenvalue weighted by Gasteiger charge is -2.33. The molecule has 4 nitrogen and oxygen atoms in total. The molecule has 1 rings (SSSR count). The van der Waals surface area contributed by atoms with Crippen molar-refractivity contribution in [1.82, 2.24) is 10.6 Å². The Balaban J connectivity index is 2.33. The Kier molecular flexibility index (Phi) is 5.22. The van der Waals surface area contributed by atoms with Crippen molar-refractivity contribution in [3.63, 3.8) is 0 Å². The van der Waals surface area contributed by atoms with Crippen molar-refractivity contribution in [2.24, 2.45) is 5.92 Å². The molecule has 1 aliphatic rings. The van der Waals surface area contributed by atoms with E-state index < -0.39 is 0 Å². The molecule has 94 valence electrons. The van der Waals surface area contributed by atoms with Crippen LogP contribution in [-0.2, 0) is 9.53 Å². The van der Waals surface area contributed by atoms with Crippen LogP contribution in [0.4, 0.5) is 0 Å². The minimum atomic E-state index is -0.370. The van der Waals surface area contributed by atoms with Gasteiger partial charge in [0.15, 0.2) is 0 Å². The van der Waals surface area contributed by atoms with Crippen LogP contribution in [-0.4, -0.2) is 38.3 Å². The molecular formula is C12H24N2O2. The van der Waals surface area contributed by atoms with Crippen LogP contribution in [0.5, 0.6) is 0 Å². The van der Waals surface area contributed by atoms with E-state index in [0.29, 0.717) is 19.1 Å². The Morgan fingerprint density at radius 2 is 2.31 bits per heavy atom. The van der Waals surface area contributed by atoms with Gasteiger partial charge >= 0.3 is 0 Å². The van der Waals surface area contributed by atoms with Gasteiger partial charge in [-0.1, -0.05) is 6.92 Å². The van der Waals surface area contributed by atoms with Gasteiger partial charge in [0.1, 0.15) is 0 Å². The SMILES string of the molecule is COCC(C)CNC(=O)C1(C)CCCCN1. The van der Waals surface area contributed by atoms with Crippen LogP contribution in [0, 0.1) is 5.92 Å². The van der Waals surface area contributed by atoms with Gasteiger partial charge in [-0.05, 0) is 38.6 Å². The second-order valence-corrected chi connectivity index (χ2v) is 4.99. The maximum absolute atomic E-state index is 12.0. The summed E-state index contributed by atoms with van der Waals surface area (Å²) in [4.78, 5) is 12.0. The topological polar surface area (TPSA) is 50.4 Å². The zero-order valence-corrected chi connectivity index (χ0v) is 10.6. The van der Waals surface area contributed by atoms with Gasteiger partial charge in [-0.15, -0.1) is 0 Å². The minimum Gasteiger partial charge on any atom is -0.384 e. The third-order valence-electron chi connectivity index (χ3n) is 3.18. The Labute approximate surface area is 98.1 Å². The van der Waals surface area contributed by atoms with Crippen molar-refractivity contribution in [3.05, 3.63) is 0 Å². The van der Waals surface area contributed by atoms with Crippen LogP contribution >= 0.6 is 0 Å². The van der Waals surface area contributed by atoms with Crippen molar-refractivity contribution in [1.29, 1.82) is 0 Å². The maximum Gasteiger partial charge on any atom is 0.240 e.